The molecular formula is C17H17N5O2. The Morgan fingerprint density at radius 2 is 2.29 bits per heavy atom. The van der Waals surface area contributed by atoms with Crippen molar-refractivity contribution in [3.05, 3.63) is 59.9 Å². The summed E-state index contributed by atoms with van der Waals surface area (Å²) < 4.78 is 3.75. The number of amides is 2. The van der Waals surface area contributed by atoms with Gasteiger partial charge in [-0.2, -0.15) is 0 Å². The molecule has 2 amide bonds. The zero-order valence-electron chi connectivity index (χ0n) is 13.0. The summed E-state index contributed by atoms with van der Waals surface area (Å²) in [4.78, 5) is 28.7. The maximum atomic E-state index is 12.4. The normalized spacial score (nSPS) is 14.1. The second-order valence-electron chi connectivity index (χ2n) is 5.78. The second kappa shape index (κ2) is 5.84. The van der Waals surface area contributed by atoms with Gasteiger partial charge in [-0.25, -0.2) is 4.98 Å². The van der Waals surface area contributed by atoms with E-state index >= 15 is 0 Å². The minimum Gasteiger partial charge on any atom is -0.351 e. The number of pyridine rings is 1. The molecule has 0 bridgehead atoms. The van der Waals surface area contributed by atoms with Gasteiger partial charge in [0.25, 0.3) is 11.8 Å². The molecule has 0 atom stereocenters. The molecule has 0 radical (unpaired) electrons. The SMILES string of the molecule is O=C(NCc1ncn2ccccc12)c1cc2n(c1)CCCNC2=O. The van der Waals surface area contributed by atoms with Gasteiger partial charge in [-0.1, -0.05) is 6.07 Å². The minimum atomic E-state index is -0.208. The number of hydrogen-bond acceptors (Lipinski definition) is 3. The van der Waals surface area contributed by atoms with Crippen molar-refractivity contribution in [3.8, 4) is 0 Å². The summed E-state index contributed by atoms with van der Waals surface area (Å²) in [5.41, 5.74) is 2.79. The highest BCUT2D eigenvalue weighted by Crippen LogP contribution is 2.13. The maximum Gasteiger partial charge on any atom is 0.267 e. The van der Waals surface area contributed by atoms with Gasteiger partial charge in [-0.05, 0) is 24.6 Å². The molecule has 24 heavy (non-hydrogen) atoms. The molecule has 0 saturated carbocycles. The van der Waals surface area contributed by atoms with E-state index in [2.05, 4.69) is 15.6 Å². The summed E-state index contributed by atoms with van der Waals surface area (Å²) in [6.07, 6.45) is 6.23. The molecule has 0 saturated heterocycles. The predicted molar refractivity (Wildman–Crippen MR) is 87.7 cm³/mol. The minimum absolute atomic E-state index is 0.133. The third-order valence-electron chi connectivity index (χ3n) is 4.19. The number of nitrogens with zero attached hydrogens (tertiary/aromatic N) is 3. The van der Waals surface area contributed by atoms with Gasteiger partial charge in [0.15, 0.2) is 0 Å². The van der Waals surface area contributed by atoms with Crippen LogP contribution in [0.2, 0.25) is 0 Å². The van der Waals surface area contributed by atoms with Crippen molar-refractivity contribution in [1.82, 2.24) is 24.6 Å². The number of imidazole rings is 1. The highest BCUT2D eigenvalue weighted by molar-refractivity contribution is 5.99. The Balaban J connectivity index is 1.51. The fraction of sp³-hybridized carbons (Fsp3) is 0.235. The molecule has 0 fully saturated rings. The lowest BCUT2D eigenvalue weighted by Gasteiger charge is -2.03. The quantitative estimate of drug-likeness (QED) is 0.760. The van der Waals surface area contributed by atoms with Gasteiger partial charge < -0.3 is 19.6 Å². The summed E-state index contributed by atoms with van der Waals surface area (Å²) in [5, 5.41) is 5.70. The molecule has 0 aliphatic carbocycles. The Hall–Kier alpha value is -3.09. The van der Waals surface area contributed by atoms with Crippen LogP contribution >= 0.6 is 0 Å². The van der Waals surface area contributed by atoms with E-state index in [0.29, 0.717) is 24.3 Å². The van der Waals surface area contributed by atoms with E-state index in [0.717, 1.165) is 24.2 Å². The number of aromatic nitrogens is 3. The molecule has 4 rings (SSSR count). The Labute approximate surface area is 138 Å². The van der Waals surface area contributed by atoms with Crippen LogP contribution in [0.3, 0.4) is 0 Å². The monoisotopic (exact) mass is 323 g/mol. The van der Waals surface area contributed by atoms with E-state index in [9.17, 15) is 9.59 Å². The topological polar surface area (TPSA) is 80.4 Å². The molecule has 0 unspecified atom stereocenters. The van der Waals surface area contributed by atoms with Crippen LogP contribution in [0, 0.1) is 0 Å². The van der Waals surface area contributed by atoms with Gasteiger partial charge in [0.1, 0.15) is 5.69 Å². The third kappa shape index (κ3) is 2.54. The van der Waals surface area contributed by atoms with E-state index in [4.69, 9.17) is 0 Å². The Kier molecular flexibility index (Phi) is 3.53. The molecule has 4 heterocycles. The number of carbonyl (C=O) groups is 2. The highest BCUT2D eigenvalue weighted by atomic mass is 16.2. The van der Waals surface area contributed by atoms with Crippen molar-refractivity contribution < 1.29 is 9.59 Å². The molecule has 0 spiro atoms. The summed E-state index contributed by atoms with van der Waals surface area (Å²) >= 11 is 0. The first-order chi connectivity index (χ1) is 11.7. The van der Waals surface area contributed by atoms with E-state index < -0.39 is 0 Å². The standard InChI is InChI=1S/C17H17N5O2/c23-16(12-8-15-17(24)18-5-3-7-21(15)10-12)19-9-13-14-4-1-2-6-22(14)11-20-13/h1-2,4,6,8,10-11H,3,5,7,9H2,(H,18,24)(H,19,23). The average molecular weight is 323 g/mol. The number of nitrogens with one attached hydrogen (secondary N) is 2. The lowest BCUT2D eigenvalue weighted by molar-refractivity contribution is 0.0946. The molecule has 122 valence electrons. The number of aryl methyl sites for hydroxylation is 1. The fourth-order valence-corrected chi connectivity index (χ4v) is 2.95. The van der Waals surface area contributed by atoms with Crippen molar-refractivity contribution in [2.45, 2.75) is 19.5 Å². The van der Waals surface area contributed by atoms with Crippen LogP contribution in [-0.4, -0.2) is 32.3 Å². The van der Waals surface area contributed by atoms with Crippen molar-refractivity contribution in [3.63, 3.8) is 0 Å². The van der Waals surface area contributed by atoms with E-state index in [-0.39, 0.29) is 11.8 Å². The fourth-order valence-electron chi connectivity index (χ4n) is 2.95. The summed E-state index contributed by atoms with van der Waals surface area (Å²) in [6, 6.07) is 7.46. The van der Waals surface area contributed by atoms with Gasteiger partial charge >= 0.3 is 0 Å². The van der Waals surface area contributed by atoms with Crippen LogP contribution in [0.1, 0.15) is 33.0 Å². The smallest absolute Gasteiger partial charge is 0.267 e. The highest BCUT2D eigenvalue weighted by Gasteiger charge is 2.19. The average Bonchev–Trinajstić information content (AvgIpc) is 3.17. The van der Waals surface area contributed by atoms with Crippen LogP contribution in [0.5, 0.6) is 0 Å². The zero-order chi connectivity index (χ0) is 16.5. The second-order valence-corrected chi connectivity index (χ2v) is 5.78. The molecule has 7 nitrogen and oxygen atoms in total. The Bertz CT molecular complexity index is 924. The van der Waals surface area contributed by atoms with E-state index in [1.54, 1.807) is 18.6 Å². The van der Waals surface area contributed by atoms with Crippen LogP contribution in [0.15, 0.2) is 43.0 Å². The number of hydrogen-bond donors (Lipinski definition) is 2. The number of carbonyl (C=O) groups excluding carboxylic acids is 2. The molecule has 2 N–H and O–H groups in total. The first-order valence-electron chi connectivity index (χ1n) is 7.89. The largest absolute Gasteiger partial charge is 0.351 e. The van der Waals surface area contributed by atoms with Crippen molar-refractivity contribution in [2.75, 3.05) is 6.54 Å². The van der Waals surface area contributed by atoms with E-state index in [1.807, 2.05) is 33.4 Å². The van der Waals surface area contributed by atoms with Crippen LogP contribution in [0.25, 0.3) is 5.52 Å². The molecule has 1 aliphatic rings. The predicted octanol–water partition coefficient (Wildman–Crippen LogP) is 1.20. The number of rotatable bonds is 3. The van der Waals surface area contributed by atoms with Gasteiger partial charge in [-0.3, -0.25) is 9.59 Å². The van der Waals surface area contributed by atoms with Gasteiger partial charge in [0.2, 0.25) is 0 Å². The molecule has 3 aromatic heterocycles. The van der Waals surface area contributed by atoms with Crippen molar-refractivity contribution in [1.29, 1.82) is 0 Å². The van der Waals surface area contributed by atoms with Crippen molar-refractivity contribution >= 4 is 17.3 Å². The first kappa shape index (κ1) is 14.5. The summed E-state index contributed by atoms with van der Waals surface area (Å²) in [7, 11) is 0. The van der Waals surface area contributed by atoms with E-state index in [1.165, 1.54) is 0 Å². The lowest BCUT2D eigenvalue weighted by atomic mass is 10.2. The first-order valence-corrected chi connectivity index (χ1v) is 7.89. The molecular weight excluding hydrogens is 306 g/mol. The molecule has 1 aliphatic heterocycles. The summed E-state index contributed by atoms with van der Waals surface area (Å²) in [5.74, 6) is -0.341. The molecule has 0 aromatic carbocycles. The van der Waals surface area contributed by atoms with Crippen molar-refractivity contribution in [2.24, 2.45) is 0 Å². The maximum absolute atomic E-state index is 12.4. The summed E-state index contributed by atoms with van der Waals surface area (Å²) in [6.45, 7) is 1.73. The van der Waals surface area contributed by atoms with Crippen LogP contribution < -0.4 is 10.6 Å². The van der Waals surface area contributed by atoms with Gasteiger partial charge in [0.05, 0.1) is 29.6 Å². The lowest BCUT2D eigenvalue weighted by Crippen LogP contribution is -2.24. The zero-order valence-corrected chi connectivity index (χ0v) is 13.0. The van der Waals surface area contributed by atoms with Crippen LogP contribution in [0.4, 0.5) is 0 Å². The third-order valence-corrected chi connectivity index (χ3v) is 4.19. The molecule has 7 heteroatoms. The van der Waals surface area contributed by atoms with Gasteiger partial charge in [-0.15, -0.1) is 0 Å². The Morgan fingerprint density at radius 1 is 1.38 bits per heavy atom. The number of fused-ring (bicyclic) bond motifs is 2. The molecule has 3 aromatic rings. The van der Waals surface area contributed by atoms with Gasteiger partial charge in [0, 0.05) is 25.5 Å². The van der Waals surface area contributed by atoms with Crippen LogP contribution in [-0.2, 0) is 13.1 Å². The Morgan fingerprint density at radius 3 is 3.21 bits per heavy atom.